The molecule has 0 fully saturated rings. The minimum absolute atomic E-state index is 0.0756. The largest absolute Gasteiger partial charge is 0.492 e. The molecule has 1 aromatic carbocycles. The van der Waals surface area contributed by atoms with E-state index in [1.54, 1.807) is 24.3 Å². The molecule has 0 saturated carbocycles. The van der Waals surface area contributed by atoms with Crippen molar-refractivity contribution in [3.63, 3.8) is 0 Å². The zero-order valence-corrected chi connectivity index (χ0v) is 11.1. The van der Waals surface area contributed by atoms with Crippen LogP contribution in [0, 0.1) is 0 Å². The van der Waals surface area contributed by atoms with E-state index in [4.69, 9.17) is 20.8 Å². The molecule has 0 heterocycles. The molecular formula is C13H21N3O3. The minimum atomic E-state index is 0.0756. The molecule has 0 radical (unpaired) electrons. The number of aliphatic hydroxyl groups is 1. The number of hydrogen-bond acceptors (Lipinski definition) is 5. The summed E-state index contributed by atoms with van der Waals surface area (Å²) >= 11 is 0. The van der Waals surface area contributed by atoms with Crippen LogP contribution in [-0.2, 0) is 0 Å². The Morgan fingerprint density at radius 3 is 2.53 bits per heavy atom. The maximum atomic E-state index is 8.86. The summed E-state index contributed by atoms with van der Waals surface area (Å²) in [5.41, 5.74) is 6.11. The van der Waals surface area contributed by atoms with Crippen molar-refractivity contribution >= 4 is 5.84 Å². The molecule has 1 rings (SSSR count). The fraction of sp³-hybridized carbons (Fsp3) is 0.462. The van der Waals surface area contributed by atoms with Gasteiger partial charge in [0, 0.05) is 18.7 Å². The zero-order chi connectivity index (χ0) is 14.1. The van der Waals surface area contributed by atoms with Crippen LogP contribution in [-0.4, -0.2) is 53.9 Å². The number of likely N-dealkylation sites (N-methyl/N-ethyl adjacent to an activating group) is 1. The number of nitrogens with zero attached hydrogens (tertiary/aromatic N) is 2. The van der Waals surface area contributed by atoms with E-state index in [0.717, 1.165) is 18.8 Å². The number of oxime groups is 1. The van der Waals surface area contributed by atoms with Crippen LogP contribution in [0.4, 0.5) is 0 Å². The normalized spacial score (nSPS) is 11.8. The van der Waals surface area contributed by atoms with Gasteiger partial charge in [-0.25, -0.2) is 0 Å². The van der Waals surface area contributed by atoms with Gasteiger partial charge < -0.3 is 20.8 Å². The highest BCUT2D eigenvalue weighted by molar-refractivity contribution is 5.97. The second-order valence-electron chi connectivity index (χ2n) is 4.02. The van der Waals surface area contributed by atoms with E-state index in [0.29, 0.717) is 18.7 Å². The van der Waals surface area contributed by atoms with Crippen molar-refractivity contribution in [1.29, 1.82) is 0 Å². The van der Waals surface area contributed by atoms with Crippen molar-refractivity contribution in [2.24, 2.45) is 10.9 Å². The van der Waals surface area contributed by atoms with Crippen LogP contribution in [0.1, 0.15) is 12.5 Å². The maximum absolute atomic E-state index is 8.86. The number of amidine groups is 1. The summed E-state index contributed by atoms with van der Waals surface area (Å²) in [6.07, 6.45) is 0. The third-order valence-corrected chi connectivity index (χ3v) is 2.80. The maximum Gasteiger partial charge on any atom is 0.170 e. The van der Waals surface area contributed by atoms with E-state index in [1.807, 2.05) is 6.92 Å². The third-order valence-electron chi connectivity index (χ3n) is 2.80. The first-order chi connectivity index (χ1) is 9.21. The van der Waals surface area contributed by atoms with E-state index >= 15 is 0 Å². The molecule has 0 bridgehead atoms. The Kier molecular flexibility index (Phi) is 6.70. The number of nitrogens with two attached hydrogens (primary N) is 1. The van der Waals surface area contributed by atoms with Gasteiger partial charge in [0.05, 0.1) is 6.61 Å². The average Bonchev–Trinajstić information content (AvgIpc) is 2.46. The quantitative estimate of drug-likeness (QED) is 0.276. The molecule has 6 heteroatoms. The minimum Gasteiger partial charge on any atom is -0.492 e. The van der Waals surface area contributed by atoms with E-state index in [9.17, 15) is 0 Å². The van der Waals surface area contributed by atoms with Crippen LogP contribution in [0.2, 0.25) is 0 Å². The first-order valence-corrected chi connectivity index (χ1v) is 6.25. The topological polar surface area (TPSA) is 91.3 Å². The van der Waals surface area contributed by atoms with E-state index in [-0.39, 0.29) is 12.4 Å². The highest BCUT2D eigenvalue weighted by Gasteiger charge is 2.02. The Hall–Kier alpha value is -1.79. The van der Waals surface area contributed by atoms with Crippen molar-refractivity contribution in [2.45, 2.75) is 6.92 Å². The molecule has 4 N–H and O–H groups in total. The summed E-state index contributed by atoms with van der Waals surface area (Å²) in [6.45, 7) is 5.05. The zero-order valence-electron chi connectivity index (χ0n) is 11.1. The van der Waals surface area contributed by atoms with Gasteiger partial charge in [-0.3, -0.25) is 4.90 Å². The number of benzene rings is 1. The fourth-order valence-electron chi connectivity index (χ4n) is 1.64. The van der Waals surface area contributed by atoms with Gasteiger partial charge in [-0.2, -0.15) is 0 Å². The third kappa shape index (κ3) is 5.15. The predicted molar refractivity (Wildman–Crippen MR) is 73.6 cm³/mol. The molecule has 0 aromatic heterocycles. The lowest BCUT2D eigenvalue weighted by atomic mass is 10.2. The van der Waals surface area contributed by atoms with Gasteiger partial charge in [0.2, 0.25) is 0 Å². The summed E-state index contributed by atoms with van der Waals surface area (Å²) < 4.78 is 5.59. The molecule has 0 saturated heterocycles. The Labute approximate surface area is 113 Å². The van der Waals surface area contributed by atoms with Crippen LogP contribution in [0.3, 0.4) is 0 Å². The van der Waals surface area contributed by atoms with Crippen LogP contribution in [0.25, 0.3) is 0 Å². The van der Waals surface area contributed by atoms with Crippen LogP contribution in [0.15, 0.2) is 29.4 Å². The van der Waals surface area contributed by atoms with Crippen molar-refractivity contribution in [3.05, 3.63) is 29.8 Å². The van der Waals surface area contributed by atoms with E-state index in [2.05, 4.69) is 10.1 Å². The number of rotatable bonds is 8. The lowest BCUT2D eigenvalue weighted by molar-refractivity contribution is 0.174. The van der Waals surface area contributed by atoms with Crippen molar-refractivity contribution in [1.82, 2.24) is 4.90 Å². The van der Waals surface area contributed by atoms with Gasteiger partial charge in [0.1, 0.15) is 12.4 Å². The number of ether oxygens (including phenoxy) is 1. The molecule has 106 valence electrons. The van der Waals surface area contributed by atoms with Gasteiger partial charge in [0.25, 0.3) is 0 Å². The van der Waals surface area contributed by atoms with E-state index < -0.39 is 0 Å². The lowest BCUT2D eigenvalue weighted by Crippen LogP contribution is -2.30. The smallest absolute Gasteiger partial charge is 0.170 e. The molecule has 6 nitrogen and oxygen atoms in total. The number of aliphatic hydroxyl groups excluding tert-OH is 1. The Balaban J connectivity index is 2.41. The molecule has 0 aliphatic rings. The van der Waals surface area contributed by atoms with Gasteiger partial charge in [-0.05, 0) is 30.8 Å². The van der Waals surface area contributed by atoms with Crippen molar-refractivity contribution in [3.8, 4) is 5.75 Å². The van der Waals surface area contributed by atoms with E-state index in [1.165, 1.54) is 0 Å². The Bertz CT molecular complexity index is 393. The lowest BCUT2D eigenvalue weighted by Gasteiger charge is -2.19. The van der Waals surface area contributed by atoms with Gasteiger partial charge in [-0.15, -0.1) is 0 Å². The summed E-state index contributed by atoms with van der Waals surface area (Å²) in [5.74, 6) is 0.807. The average molecular weight is 267 g/mol. The summed E-state index contributed by atoms with van der Waals surface area (Å²) in [4.78, 5) is 2.10. The first kappa shape index (κ1) is 15.3. The van der Waals surface area contributed by atoms with Crippen LogP contribution in [0.5, 0.6) is 5.75 Å². The molecule has 0 aliphatic carbocycles. The van der Waals surface area contributed by atoms with Crippen molar-refractivity contribution in [2.75, 3.05) is 32.8 Å². The SMILES string of the molecule is CCN(CCO)CCOc1ccc(/C(N)=N/O)cc1. The Morgan fingerprint density at radius 1 is 1.32 bits per heavy atom. The second kappa shape index (κ2) is 8.34. The molecule has 1 aromatic rings. The Morgan fingerprint density at radius 2 is 2.00 bits per heavy atom. The second-order valence-corrected chi connectivity index (χ2v) is 4.02. The molecule has 0 spiro atoms. The monoisotopic (exact) mass is 267 g/mol. The van der Waals surface area contributed by atoms with Crippen LogP contribution < -0.4 is 10.5 Å². The molecule has 0 amide bonds. The summed E-state index contributed by atoms with van der Waals surface area (Å²) in [5, 5.41) is 20.3. The highest BCUT2D eigenvalue weighted by atomic mass is 16.5. The first-order valence-electron chi connectivity index (χ1n) is 6.25. The van der Waals surface area contributed by atoms with Crippen LogP contribution >= 0.6 is 0 Å². The highest BCUT2D eigenvalue weighted by Crippen LogP contribution is 2.12. The molecule has 0 aliphatic heterocycles. The molecule has 0 unspecified atom stereocenters. The number of hydrogen-bond donors (Lipinski definition) is 3. The van der Waals surface area contributed by atoms with Crippen molar-refractivity contribution < 1.29 is 15.1 Å². The summed E-state index contributed by atoms with van der Waals surface area (Å²) in [6, 6.07) is 7.01. The van der Waals surface area contributed by atoms with Gasteiger partial charge in [0.15, 0.2) is 5.84 Å². The fourth-order valence-corrected chi connectivity index (χ4v) is 1.64. The summed E-state index contributed by atoms with van der Waals surface area (Å²) in [7, 11) is 0. The molecule has 19 heavy (non-hydrogen) atoms. The standard InChI is InChI=1S/C13H21N3O3/c1-2-16(7-9-17)8-10-19-12-5-3-11(4-6-12)13(14)15-18/h3-6,17-18H,2,7-10H2,1H3,(H2,14,15). The van der Waals surface area contributed by atoms with Gasteiger partial charge in [-0.1, -0.05) is 12.1 Å². The predicted octanol–water partition coefficient (Wildman–Crippen LogP) is 0.474. The molecular weight excluding hydrogens is 246 g/mol. The molecule has 0 atom stereocenters. The van der Waals surface area contributed by atoms with Gasteiger partial charge >= 0.3 is 0 Å².